The molecule has 8 heteroatoms. The predicted molar refractivity (Wildman–Crippen MR) is 119 cm³/mol. The van der Waals surface area contributed by atoms with E-state index >= 15 is 0 Å². The molecule has 0 bridgehead atoms. The minimum absolute atomic E-state index is 0.0148. The Morgan fingerprint density at radius 2 is 1.93 bits per heavy atom. The molecule has 0 amide bonds. The molecule has 0 atom stereocenters. The van der Waals surface area contributed by atoms with Crippen LogP contribution in [-0.4, -0.2) is 25.7 Å². The summed E-state index contributed by atoms with van der Waals surface area (Å²) in [4.78, 5) is 30.6. The number of carbonyl (C=O) groups excluding carboxylic acids is 1. The molecule has 4 aromatic rings. The number of aromatic nitrogens is 3. The third-order valence-electron chi connectivity index (χ3n) is 5.12. The van der Waals surface area contributed by atoms with Gasteiger partial charge in [0.1, 0.15) is 10.6 Å². The Morgan fingerprint density at radius 3 is 2.67 bits per heavy atom. The highest BCUT2D eigenvalue weighted by atomic mass is 32.2. The smallest absolute Gasteiger partial charge is 0.262 e. The maximum atomic E-state index is 13.2. The Hall–Kier alpha value is -2.71. The van der Waals surface area contributed by atoms with Crippen LogP contribution in [0.1, 0.15) is 27.3 Å². The first-order valence-corrected chi connectivity index (χ1v) is 11.2. The highest BCUT2D eigenvalue weighted by Gasteiger charge is 2.18. The summed E-state index contributed by atoms with van der Waals surface area (Å²) in [6, 6.07) is 10.0. The zero-order chi connectivity index (χ0) is 21.4. The summed E-state index contributed by atoms with van der Waals surface area (Å²) in [7, 11) is 1.67. The second kappa shape index (κ2) is 8.20. The average Bonchev–Trinajstić information content (AvgIpc) is 3.31. The molecular formula is C22H20FN3O2S2. The maximum Gasteiger partial charge on any atom is 0.262 e. The number of hydrogen-bond acceptors (Lipinski definition) is 5. The second-order valence-electron chi connectivity index (χ2n) is 7.11. The molecule has 0 N–H and O–H groups in total. The molecule has 0 unspecified atom stereocenters. The molecule has 0 aliphatic heterocycles. The van der Waals surface area contributed by atoms with E-state index in [1.54, 1.807) is 25.2 Å². The Morgan fingerprint density at radius 1 is 1.20 bits per heavy atom. The monoisotopic (exact) mass is 441 g/mol. The zero-order valence-corrected chi connectivity index (χ0v) is 18.4. The van der Waals surface area contributed by atoms with Gasteiger partial charge in [-0.3, -0.25) is 14.2 Å². The SMILES string of the molecule is Cc1cc(C(=O)CSc2nc3sccc3c(=O)n2C)c(C)n1Cc1ccc(F)cc1. The van der Waals surface area contributed by atoms with Gasteiger partial charge in [0, 0.05) is 30.5 Å². The molecule has 0 saturated carbocycles. The molecule has 0 spiro atoms. The third kappa shape index (κ3) is 3.85. The van der Waals surface area contributed by atoms with Gasteiger partial charge in [-0.05, 0) is 49.1 Å². The Balaban J connectivity index is 1.54. The highest BCUT2D eigenvalue weighted by Crippen LogP contribution is 2.23. The van der Waals surface area contributed by atoms with Crippen molar-refractivity contribution < 1.29 is 9.18 Å². The molecule has 1 aromatic carbocycles. The molecule has 154 valence electrons. The number of fused-ring (bicyclic) bond motifs is 1. The van der Waals surface area contributed by atoms with Gasteiger partial charge in [-0.25, -0.2) is 9.37 Å². The summed E-state index contributed by atoms with van der Waals surface area (Å²) >= 11 is 2.68. The lowest BCUT2D eigenvalue weighted by Gasteiger charge is -2.10. The molecule has 0 aliphatic carbocycles. The lowest BCUT2D eigenvalue weighted by Crippen LogP contribution is -2.19. The lowest BCUT2D eigenvalue weighted by atomic mass is 10.2. The number of rotatable bonds is 6. The molecule has 30 heavy (non-hydrogen) atoms. The van der Waals surface area contributed by atoms with Crippen molar-refractivity contribution in [3.63, 3.8) is 0 Å². The van der Waals surface area contributed by atoms with Crippen LogP contribution < -0.4 is 5.56 Å². The molecule has 0 aliphatic rings. The predicted octanol–water partition coefficient (Wildman–Crippen LogP) is 4.58. The first kappa shape index (κ1) is 20.6. The van der Waals surface area contributed by atoms with Gasteiger partial charge < -0.3 is 4.57 Å². The van der Waals surface area contributed by atoms with Crippen molar-refractivity contribution in [3.05, 3.63) is 80.5 Å². The number of ketones is 1. The first-order valence-electron chi connectivity index (χ1n) is 9.36. The fraction of sp³-hybridized carbons (Fsp3) is 0.227. The van der Waals surface area contributed by atoms with Crippen LogP contribution in [0.5, 0.6) is 0 Å². The summed E-state index contributed by atoms with van der Waals surface area (Å²) < 4.78 is 16.7. The molecule has 3 heterocycles. The minimum atomic E-state index is -0.267. The summed E-state index contributed by atoms with van der Waals surface area (Å²) in [5, 5.41) is 2.97. The number of carbonyl (C=O) groups is 1. The van der Waals surface area contributed by atoms with Crippen molar-refractivity contribution in [2.75, 3.05) is 5.75 Å². The number of halogens is 1. The van der Waals surface area contributed by atoms with E-state index < -0.39 is 0 Å². The molecule has 0 radical (unpaired) electrons. The Kier molecular flexibility index (Phi) is 5.62. The minimum Gasteiger partial charge on any atom is -0.344 e. The Labute approximate surface area is 181 Å². The van der Waals surface area contributed by atoms with Crippen LogP contribution in [0, 0.1) is 19.7 Å². The number of benzene rings is 1. The van der Waals surface area contributed by atoms with Gasteiger partial charge >= 0.3 is 0 Å². The van der Waals surface area contributed by atoms with Crippen LogP contribution in [0.3, 0.4) is 0 Å². The number of nitrogens with zero attached hydrogens (tertiary/aromatic N) is 3. The Bertz CT molecular complexity index is 1300. The van der Waals surface area contributed by atoms with E-state index in [4.69, 9.17) is 0 Å². The third-order valence-corrected chi connectivity index (χ3v) is 6.96. The molecular weight excluding hydrogens is 421 g/mol. The lowest BCUT2D eigenvalue weighted by molar-refractivity contribution is 0.102. The van der Waals surface area contributed by atoms with E-state index in [9.17, 15) is 14.0 Å². The van der Waals surface area contributed by atoms with E-state index in [0.29, 0.717) is 27.5 Å². The van der Waals surface area contributed by atoms with Crippen molar-refractivity contribution in [3.8, 4) is 0 Å². The highest BCUT2D eigenvalue weighted by molar-refractivity contribution is 7.99. The molecule has 0 fully saturated rings. The second-order valence-corrected chi connectivity index (χ2v) is 8.94. The maximum absolute atomic E-state index is 13.2. The number of hydrogen-bond donors (Lipinski definition) is 0. The normalized spacial score (nSPS) is 11.3. The van der Waals surface area contributed by atoms with Crippen LogP contribution in [0.2, 0.25) is 0 Å². The van der Waals surface area contributed by atoms with Gasteiger partial charge in [-0.2, -0.15) is 0 Å². The van der Waals surface area contributed by atoms with E-state index in [0.717, 1.165) is 17.0 Å². The van der Waals surface area contributed by atoms with Gasteiger partial charge in [0.2, 0.25) is 0 Å². The van der Waals surface area contributed by atoms with Gasteiger partial charge in [0.05, 0.1) is 11.1 Å². The van der Waals surface area contributed by atoms with E-state index in [2.05, 4.69) is 9.55 Å². The standard InChI is InChI=1S/C22H20FN3O2S2/c1-13-10-18(14(2)26(13)11-15-4-6-16(23)7-5-15)19(27)12-30-22-24-20-17(8-9-29-20)21(28)25(22)3/h4-10H,11-12H2,1-3H3. The first-order chi connectivity index (χ1) is 14.3. The average molecular weight is 442 g/mol. The summed E-state index contributed by atoms with van der Waals surface area (Å²) in [6.45, 7) is 4.44. The van der Waals surface area contributed by atoms with Crippen molar-refractivity contribution >= 4 is 39.1 Å². The molecule has 5 nitrogen and oxygen atoms in total. The summed E-state index contributed by atoms with van der Waals surface area (Å²) in [6.07, 6.45) is 0. The van der Waals surface area contributed by atoms with Crippen LogP contribution >= 0.6 is 23.1 Å². The van der Waals surface area contributed by atoms with Crippen LogP contribution in [-0.2, 0) is 13.6 Å². The number of thioether (sulfide) groups is 1. The number of aryl methyl sites for hydroxylation is 1. The fourth-order valence-corrected chi connectivity index (χ4v) is 5.08. The quantitative estimate of drug-likeness (QED) is 0.250. The molecule has 3 aromatic heterocycles. The van der Waals surface area contributed by atoms with Crippen molar-refractivity contribution in [1.82, 2.24) is 14.1 Å². The molecule has 0 saturated heterocycles. The molecule has 4 rings (SSSR count). The van der Waals surface area contributed by atoms with Crippen molar-refractivity contribution in [1.29, 1.82) is 0 Å². The summed E-state index contributed by atoms with van der Waals surface area (Å²) in [5.74, 6) is -0.0896. The van der Waals surface area contributed by atoms with Gasteiger partial charge in [-0.15, -0.1) is 11.3 Å². The number of thiophene rings is 1. The van der Waals surface area contributed by atoms with Gasteiger partial charge in [-0.1, -0.05) is 23.9 Å². The van der Waals surface area contributed by atoms with E-state index in [-0.39, 0.29) is 22.9 Å². The topological polar surface area (TPSA) is 56.9 Å². The fourth-order valence-electron chi connectivity index (χ4n) is 3.42. The van der Waals surface area contributed by atoms with Crippen molar-refractivity contribution in [2.24, 2.45) is 7.05 Å². The van der Waals surface area contributed by atoms with Crippen LogP contribution in [0.25, 0.3) is 10.2 Å². The zero-order valence-electron chi connectivity index (χ0n) is 16.8. The van der Waals surface area contributed by atoms with E-state index in [1.807, 2.05) is 25.3 Å². The van der Waals surface area contributed by atoms with Crippen LogP contribution in [0.15, 0.2) is 51.7 Å². The largest absolute Gasteiger partial charge is 0.344 e. The van der Waals surface area contributed by atoms with Gasteiger partial charge in [0.25, 0.3) is 5.56 Å². The van der Waals surface area contributed by atoms with Gasteiger partial charge in [0.15, 0.2) is 10.9 Å². The van der Waals surface area contributed by atoms with Crippen LogP contribution in [0.4, 0.5) is 4.39 Å². The van der Waals surface area contributed by atoms with E-state index in [1.165, 1.54) is 39.8 Å². The summed E-state index contributed by atoms with van der Waals surface area (Å²) in [5.41, 5.74) is 3.36. The number of Topliss-reactive ketones (excluding diaryl/α,β-unsaturated/α-hetero) is 1. The van der Waals surface area contributed by atoms with Crippen molar-refractivity contribution in [2.45, 2.75) is 25.5 Å².